The van der Waals surface area contributed by atoms with Crippen LogP contribution in [0.5, 0.6) is 23.0 Å². The first kappa shape index (κ1) is 25.2. The number of ether oxygens (including phenoxy) is 2. The van der Waals surface area contributed by atoms with Gasteiger partial charge in [-0.05, 0) is 42.0 Å². The largest absolute Gasteiger partial charge is 0.455 e. The second-order valence-electron chi connectivity index (χ2n) is 10.8. The van der Waals surface area contributed by atoms with Crippen LogP contribution in [0, 0.1) is 0 Å². The van der Waals surface area contributed by atoms with E-state index in [0.717, 1.165) is 49.8 Å². The monoisotopic (exact) mass is 581 g/mol. The van der Waals surface area contributed by atoms with Gasteiger partial charge in [-0.2, -0.15) is 0 Å². The molecule has 0 unspecified atom stereocenters. The molecule has 1 aliphatic heterocycles. The average Bonchev–Trinajstić information content (AvgIpc) is 3.49. The van der Waals surface area contributed by atoms with Crippen LogP contribution in [0.3, 0.4) is 0 Å². The van der Waals surface area contributed by atoms with Gasteiger partial charge < -0.3 is 13.9 Å². The minimum absolute atomic E-state index is 0.581. The summed E-state index contributed by atoms with van der Waals surface area (Å²) in [6.07, 6.45) is 0. The molecule has 9 rings (SSSR count). The molecule has 1 aliphatic rings. The molecule has 0 N–H and O–H groups in total. The molecule has 2 aromatic heterocycles. The maximum Gasteiger partial charge on any atom is 0.170 e. The lowest BCUT2D eigenvalue weighted by Gasteiger charge is -2.21. The summed E-state index contributed by atoms with van der Waals surface area (Å²) in [7, 11) is 0. The minimum Gasteiger partial charge on any atom is -0.455 e. The first-order chi connectivity index (χ1) is 22.3. The Morgan fingerprint density at radius 1 is 0.378 bits per heavy atom. The Morgan fingerprint density at radius 3 is 1.64 bits per heavy atom. The van der Waals surface area contributed by atoms with E-state index in [1.807, 2.05) is 115 Å². The number of rotatable bonds is 4. The lowest BCUT2D eigenvalue weighted by atomic mass is 10.0. The van der Waals surface area contributed by atoms with Gasteiger partial charge in [-0.15, -0.1) is 0 Å². The number of hydrogen-bond acceptors (Lipinski definition) is 6. The van der Waals surface area contributed by atoms with Gasteiger partial charge in [0.2, 0.25) is 0 Å². The van der Waals surface area contributed by atoms with Crippen molar-refractivity contribution in [3.63, 3.8) is 0 Å². The number of furan rings is 1. The standard InChI is InChI=1S/C39H23N3O3/c1-3-10-24(11-4-1)37-40-38(25-12-5-2-6-13-25)42-39(41-37)27-18-20-29-30-15-9-14-28(36(30)45-34(29)23-27)26-19-21-33-35(22-26)44-32-17-8-7-16-31(32)43-33/h1-23H. The molecule has 0 spiro atoms. The SMILES string of the molecule is c1ccc(-c2nc(-c3ccccc3)nc(-c3ccc4c(c3)oc3c(-c5ccc6c(c5)Oc5ccccc5O6)cccc34)n2)cc1. The predicted molar refractivity (Wildman–Crippen MR) is 175 cm³/mol. The molecule has 3 heterocycles. The molecule has 6 aromatic carbocycles. The van der Waals surface area contributed by atoms with Gasteiger partial charge in [-0.1, -0.05) is 103 Å². The van der Waals surface area contributed by atoms with E-state index < -0.39 is 0 Å². The van der Waals surface area contributed by atoms with E-state index in [2.05, 4.69) is 24.3 Å². The highest BCUT2D eigenvalue weighted by Crippen LogP contribution is 2.47. The zero-order chi connectivity index (χ0) is 29.7. The molecular formula is C39H23N3O3. The number of benzene rings is 6. The summed E-state index contributed by atoms with van der Waals surface area (Å²) in [5, 5.41) is 2.04. The molecule has 0 atom stereocenters. The number of para-hydroxylation sites is 3. The quantitative estimate of drug-likeness (QED) is 0.206. The van der Waals surface area contributed by atoms with Crippen LogP contribution < -0.4 is 9.47 Å². The van der Waals surface area contributed by atoms with E-state index in [1.165, 1.54) is 0 Å². The van der Waals surface area contributed by atoms with Crippen LogP contribution in [0.15, 0.2) is 144 Å². The van der Waals surface area contributed by atoms with E-state index in [-0.39, 0.29) is 0 Å². The maximum atomic E-state index is 6.59. The summed E-state index contributed by atoms with van der Waals surface area (Å²) in [4.78, 5) is 14.6. The Morgan fingerprint density at radius 2 is 0.956 bits per heavy atom. The summed E-state index contributed by atoms with van der Waals surface area (Å²) in [6.45, 7) is 0. The van der Waals surface area contributed by atoms with Crippen LogP contribution in [0.25, 0.3) is 67.2 Å². The van der Waals surface area contributed by atoms with Crippen molar-refractivity contribution in [1.29, 1.82) is 0 Å². The summed E-state index contributed by atoms with van der Waals surface area (Å²) in [5.74, 6) is 4.57. The third-order valence-electron chi connectivity index (χ3n) is 8.00. The van der Waals surface area contributed by atoms with Crippen molar-refractivity contribution in [3.05, 3.63) is 140 Å². The third-order valence-corrected chi connectivity index (χ3v) is 8.00. The van der Waals surface area contributed by atoms with Gasteiger partial charge in [0.15, 0.2) is 40.5 Å². The number of fused-ring (bicyclic) bond motifs is 5. The average molecular weight is 582 g/mol. The van der Waals surface area contributed by atoms with Crippen molar-refractivity contribution < 1.29 is 13.9 Å². The van der Waals surface area contributed by atoms with Gasteiger partial charge >= 0.3 is 0 Å². The van der Waals surface area contributed by atoms with Crippen LogP contribution in [0.1, 0.15) is 0 Å². The minimum atomic E-state index is 0.581. The van der Waals surface area contributed by atoms with Crippen LogP contribution in [-0.4, -0.2) is 15.0 Å². The summed E-state index contributed by atoms with van der Waals surface area (Å²) in [5.41, 5.74) is 6.19. The van der Waals surface area contributed by atoms with Crippen molar-refractivity contribution in [2.75, 3.05) is 0 Å². The topological polar surface area (TPSA) is 70.3 Å². The van der Waals surface area contributed by atoms with E-state index in [0.29, 0.717) is 40.5 Å². The molecule has 0 fully saturated rings. The molecule has 45 heavy (non-hydrogen) atoms. The zero-order valence-electron chi connectivity index (χ0n) is 23.8. The van der Waals surface area contributed by atoms with E-state index >= 15 is 0 Å². The highest BCUT2D eigenvalue weighted by molar-refractivity contribution is 6.10. The van der Waals surface area contributed by atoms with Crippen molar-refractivity contribution in [2.24, 2.45) is 0 Å². The van der Waals surface area contributed by atoms with Crippen LogP contribution in [0.2, 0.25) is 0 Å². The fourth-order valence-electron chi connectivity index (χ4n) is 5.80. The Balaban J connectivity index is 1.15. The van der Waals surface area contributed by atoms with Gasteiger partial charge in [0.25, 0.3) is 0 Å². The fraction of sp³-hybridized carbons (Fsp3) is 0. The molecule has 0 bridgehead atoms. The van der Waals surface area contributed by atoms with Crippen LogP contribution in [-0.2, 0) is 0 Å². The van der Waals surface area contributed by atoms with Crippen molar-refractivity contribution in [2.45, 2.75) is 0 Å². The molecule has 0 aliphatic carbocycles. The highest BCUT2D eigenvalue weighted by atomic mass is 16.6. The van der Waals surface area contributed by atoms with Crippen molar-refractivity contribution >= 4 is 21.9 Å². The lowest BCUT2D eigenvalue weighted by Crippen LogP contribution is -2.00. The lowest BCUT2D eigenvalue weighted by molar-refractivity contribution is 0.360. The van der Waals surface area contributed by atoms with Crippen LogP contribution in [0.4, 0.5) is 0 Å². The van der Waals surface area contributed by atoms with Gasteiger partial charge in [0.1, 0.15) is 11.2 Å². The first-order valence-corrected chi connectivity index (χ1v) is 14.7. The smallest absolute Gasteiger partial charge is 0.170 e. The number of nitrogens with zero attached hydrogens (tertiary/aromatic N) is 3. The van der Waals surface area contributed by atoms with E-state index in [1.54, 1.807) is 0 Å². The Labute approximate surface area is 258 Å². The molecule has 0 saturated heterocycles. The molecule has 0 radical (unpaired) electrons. The molecule has 0 saturated carbocycles. The summed E-state index contributed by atoms with van der Waals surface area (Å²) >= 11 is 0. The molecule has 212 valence electrons. The Bertz CT molecular complexity index is 2330. The number of hydrogen-bond donors (Lipinski definition) is 0. The van der Waals surface area contributed by atoms with E-state index in [9.17, 15) is 0 Å². The summed E-state index contributed by atoms with van der Waals surface area (Å²) < 4.78 is 18.8. The molecule has 6 heteroatoms. The second-order valence-corrected chi connectivity index (χ2v) is 10.8. The maximum absolute atomic E-state index is 6.59. The van der Waals surface area contributed by atoms with Crippen LogP contribution >= 0.6 is 0 Å². The molecular weight excluding hydrogens is 558 g/mol. The Kier molecular flexibility index (Phi) is 5.71. The number of aromatic nitrogens is 3. The first-order valence-electron chi connectivity index (χ1n) is 14.7. The van der Waals surface area contributed by atoms with Gasteiger partial charge in [0.05, 0.1) is 0 Å². The predicted octanol–water partition coefficient (Wildman–Crippen LogP) is 10.3. The normalized spacial score (nSPS) is 11.9. The zero-order valence-corrected chi connectivity index (χ0v) is 23.8. The highest BCUT2D eigenvalue weighted by Gasteiger charge is 2.21. The Hall–Kier alpha value is -6.27. The molecule has 8 aromatic rings. The molecule has 0 amide bonds. The summed E-state index contributed by atoms with van der Waals surface area (Å²) in [6, 6.07) is 45.9. The van der Waals surface area contributed by atoms with Crippen molar-refractivity contribution in [1.82, 2.24) is 15.0 Å². The fourth-order valence-corrected chi connectivity index (χ4v) is 5.80. The van der Waals surface area contributed by atoms with E-state index in [4.69, 9.17) is 28.8 Å². The van der Waals surface area contributed by atoms with Gasteiger partial charge in [-0.3, -0.25) is 0 Å². The third kappa shape index (κ3) is 4.39. The van der Waals surface area contributed by atoms with Gasteiger partial charge in [0, 0.05) is 33.0 Å². The second kappa shape index (κ2) is 10.2. The van der Waals surface area contributed by atoms with Crippen molar-refractivity contribution in [3.8, 4) is 68.3 Å². The molecule has 6 nitrogen and oxygen atoms in total. The van der Waals surface area contributed by atoms with Gasteiger partial charge in [-0.25, -0.2) is 15.0 Å².